The van der Waals surface area contributed by atoms with E-state index in [4.69, 9.17) is 0 Å². The summed E-state index contributed by atoms with van der Waals surface area (Å²) in [5.41, 5.74) is 2.73. The molecule has 3 aromatic rings. The average Bonchev–Trinajstić information content (AvgIpc) is 3.22. The van der Waals surface area contributed by atoms with Gasteiger partial charge in [0.25, 0.3) is 0 Å². The minimum atomic E-state index is 0.0863. The number of piperidine rings is 1. The third-order valence-electron chi connectivity index (χ3n) is 4.45. The third-order valence-corrected chi connectivity index (χ3v) is 5.51. The maximum absolute atomic E-state index is 12.9. The highest BCUT2D eigenvalue weighted by Crippen LogP contribution is 2.33. The Kier molecular flexibility index (Phi) is 4.02. The molecule has 1 aliphatic rings. The maximum Gasteiger partial charge on any atom is 0.244 e. The Hall–Kier alpha value is -2.28. The van der Waals surface area contributed by atoms with Gasteiger partial charge in [-0.15, -0.1) is 16.4 Å². The fourth-order valence-electron chi connectivity index (χ4n) is 3.27. The second-order valence-corrected chi connectivity index (χ2v) is 7.05. The van der Waals surface area contributed by atoms with Crippen molar-refractivity contribution in [2.24, 2.45) is 0 Å². The van der Waals surface area contributed by atoms with Crippen LogP contribution in [0.3, 0.4) is 0 Å². The zero-order valence-corrected chi connectivity index (χ0v) is 14.4. The number of rotatable bonds is 3. The van der Waals surface area contributed by atoms with E-state index >= 15 is 0 Å². The molecule has 1 amide bonds. The lowest BCUT2D eigenvalue weighted by Gasteiger charge is -2.34. The molecular formula is C17H19N5OS. The molecular weight excluding hydrogens is 322 g/mol. The Bertz CT molecular complexity index is 871. The second-order valence-electron chi connectivity index (χ2n) is 6.16. The number of aryl methyl sites for hydroxylation is 1. The van der Waals surface area contributed by atoms with Gasteiger partial charge in [-0.3, -0.25) is 4.79 Å². The lowest BCUT2D eigenvalue weighted by molar-refractivity contribution is -0.135. The number of thiazole rings is 1. The molecule has 1 aliphatic heterocycles. The van der Waals surface area contributed by atoms with Crippen molar-refractivity contribution >= 4 is 28.3 Å². The van der Waals surface area contributed by atoms with Crippen LogP contribution in [0.2, 0.25) is 0 Å². The number of aromatic nitrogens is 4. The van der Waals surface area contributed by atoms with Gasteiger partial charge in [-0.25, -0.2) is 9.67 Å². The Labute approximate surface area is 144 Å². The van der Waals surface area contributed by atoms with Gasteiger partial charge in [0.2, 0.25) is 5.91 Å². The summed E-state index contributed by atoms with van der Waals surface area (Å²) in [6.45, 7) is 3.01. The van der Waals surface area contributed by atoms with Crippen LogP contribution in [0.4, 0.5) is 0 Å². The number of fused-ring (bicyclic) bond motifs is 1. The summed E-state index contributed by atoms with van der Waals surface area (Å²) >= 11 is 1.65. The molecule has 0 N–H and O–H groups in total. The minimum Gasteiger partial charge on any atom is -0.332 e. The first-order valence-electron chi connectivity index (χ1n) is 8.22. The molecule has 0 spiro atoms. The Morgan fingerprint density at radius 2 is 2.21 bits per heavy atom. The van der Waals surface area contributed by atoms with Crippen LogP contribution in [0.15, 0.2) is 29.6 Å². The van der Waals surface area contributed by atoms with E-state index < -0.39 is 0 Å². The van der Waals surface area contributed by atoms with Gasteiger partial charge in [0.15, 0.2) is 0 Å². The molecule has 0 unspecified atom stereocenters. The standard InChI is InChI=1S/C17H19N5OS/c1-12-11-24-17(18-12)15-8-4-5-9-21(15)16(23)10-22-14-7-3-2-6-13(14)19-20-22/h2-3,6-7,11,15H,4-5,8-10H2,1H3/t15-/m0/s1. The van der Waals surface area contributed by atoms with Gasteiger partial charge < -0.3 is 4.90 Å². The van der Waals surface area contributed by atoms with Crippen LogP contribution >= 0.6 is 11.3 Å². The lowest BCUT2D eigenvalue weighted by atomic mass is 10.0. The number of hydrogen-bond acceptors (Lipinski definition) is 5. The number of para-hydroxylation sites is 1. The highest BCUT2D eigenvalue weighted by atomic mass is 32.1. The number of carbonyl (C=O) groups is 1. The normalized spacial score (nSPS) is 18.2. The third kappa shape index (κ3) is 2.80. The second kappa shape index (κ2) is 6.32. The van der Waals surface area contributed by atoms with Gasteiger partial charge in [0.1, 0.15) is 17.1 Å². The van der Waals surface area contributed by atoms with E-state index in [-0.39, 0.29) is 18.5 Å². The van der Waals surface area contributed by atoms with E-state index in [1.54, 1.807) is 16.0 Å². The predicted molar refractivity (Wildman–Crippen MR) is 92.7 cm³/mol. The van der Waals surface area contributed by atoms with Crippen molar-refractivity contribution in [3.63, 3.8) is 0 Å². The first kappa shape index (κ1) is 15.3. The highest BCUT2D eigenvalue weighted by Gasteiger charge is 2.30. The average molecular weight is 341 g/mol. The molecule has 1 atom stereocenters. The van der Waals surface area contributed by atoms with Crippen molar-refractivity contribution in [3.8, 4) is 0 Å². The molecule has 1 fully saturated rings. The number of amides is 1. The molecule has 0 bridgehead atoms. The molecule has 0 aliphatic carbocycles. The molecule has 0 radical (unpaired) electrons. The highest BCUT2D eigenvalue weighted by molar-refractivity contribution is 7.09. The number of hydrogen-bond donors (Lipinski definition) is 0. The topological polar surface area (TPSA) is 63.9 Å². The fraction of sp³-hybridized carbons (Fsp3) is 0.412. The summed E-state index contributed by atoms with van der Waals surface area (Å²) in [6, 6.07) is 7.81. The van der Waals surface area contributed by atoms with E-state index in [9.17, 15) is 4.79 Å². The van der Waals surface area contributed by atoms with Crippen LogP contribution in [0.1, 0.15) is 36.0 Å². The van der Waals surface area contributed by atoms with Gasteiger partial charge in [-0.05, 0) is 38.3 Å². The van der Waals surface area contributed by atoms with Gasteiger partial charge in [-0.2, -0.15) is 0 Å². The van der Waals surface area contributed by atoms with Crippen molar-refractivity contribution < 1.29 is 4.79 Å². The Morgan fingerprint density at radius 1 is 1.33 bits per heavy atom. The van der Waals surface area contributed by atoms with E-state index in [0.29, 0.717) is 0 Å². The van der Waals surface area contributed by atoms with Crippen LogP contribution in [0.5, 0.6) is 0 Å². The van der Waals surface area contributed by atoms with Crippen molar-refractivity contribution in [2.45, 2.75) is 38.8 Å². The van der Waals surface area contributed by atoms with Gasteiger partial charge in [-0.1, -0.05) is 17.3 Å². The van der Waals surface area contributed by atoms with E-state index in [1.165, 1.54) is 0 Å². The zero-order chi connectivity index (χ0) is 16.5. The smallest absolute Gasteiger partial charge is 0.244 e. The van der Waals surface area contributed by atoms with E-state index in [2.05, 4.69) is 20.7 Å². The van der Waals surface area contributed by atoms with Crippen LogP contribution < -0.4 is 0 Å². The number of carbonyl (C=O) groups excluding carboxylic acids is 1. The first-order valence-corrected chi connectivity index (χ1v) is 9.10. The Balaban J connectivity index is 1.57. The number of likely N-dealkylation sites (tertiary alicyclic amines) is 1. The molecule has 1 saturated heterocycles. The van der Waals surface area contributed by atoms with Crippen molar-refractivity contribution in [1.82, 2.24) is 24.9 Å². The molecule has 124 valence electrons. The summed E-state index contributed by atoms with van der Waals surface area (Å²) in [5, 5.41) is 11.4. The molecule has 6 nitrogen and oxygen atoms in total. The van der Waals surface area contributed by atoms with Crippen molar-refractivity contribution in [1.29, 1.82) is 0 Å². The predicted octanol–water partition coefficient (Wildman–Crippen LogP) is 2.95. The minimum absolute atomic E-state index is 0.0863. The maximum atomic E-state index is 12.9. The van der Waals surface area contributed by atoms with Crippen LogP contribution in [0.25, 0.3) is 11.0 Å². The first-order chi connectivity index (χ1) is 11.7. The fourth-order valence-corrected chi connectivity index (χ4v) is 4.21. The largest absolute Gasteiger partial charge is 0.332 e. The SMILES string of the molecule is Cc1csc([C@@H]2CCCCN2C(=O)Cn2nnc3ccccc32)n1. The summed E-state index contributed by atoms with van der Waals surface area (Å²) in [7, 11) is 0. The van der Waals surface area contributed by atoms with Crippen LogP contribution in [-0.4, -0.2) is 37.3 Å². The van der Waals surface area contributed by atoms with Gasteiger partial charge in [0, 0.05) is 17.6 Å². The zero-order valence-electron chi connectivity index (χ0n) is 13.6. The van der Waals surface area contributed by atoms with Crippen molar-refractivity contribution in [2.75, 3.05) is 6.54 Å². The summed E-state index contributed by atoms with van der Waals surface area (Å²) in [4.78, 5) is 19.5. The number of benzene rings is 1. The van der Waals surface area contributed by atoms with E-state index in [0.717, 1.165) is 47.5 Å². The monoisotopic (exact) mass is 341 g/mol. The molecule has 1 aromatic carbocycles. The molecule has 4 rings (SSSR count). The molecule has 3 heterocycles. The summed E-state index contributed by atoms with van der Waals surface area (Å²) in [6.07, 6.45) is 3.17. The van der Waals surface area contributed by atoms with Gasteiger partial charge >= 0.3 is 0 Å². The van der Waals surface area contributed by atoms with Gasteiger partial charge in [0.05, 0.1) is 11.6 Å². The molecule has 7 heteroatoms. The molecule has 0 saturated carbocycles. The summed E-state index contributed by atoms with van der Waals surface area (Å²) < 4.78 is 1.69. The lowest BCUT2D eigenvalue weighted by Crippen LogP contribution is -2.40. The van der Waals surface area contributed by atoms with Crippen LogP contribution in [-0.2, 0) is 11.3 Å². The van der Waals surface area contributed by atoms with Crippen molar-refractivity contribution in [3.05, 3.63) is 40.3 Å². The summed E-state index contributed by atoms with van der Waals surface area (Å²) in [5.74, 6) is 0.0863. The Morgan fingerprint density at radius 3 is 3.04 bits per heavy atom. The van der Waals surface area contributed by atoms with Crippen LogP contribution in [0, 0.1) is 6.92 Å². The number of nitrogens with zero attached hydrogens (tertiary/aromatic N) is 5. The molecule has 2 aromatic heterocycles. The van der Waals surface area contributed by atoms with E-state index in [1.807, 2.05) is 36.1 Å². The quantitative estimate of drug-likeness (QED) is 0.735. The molecule has 24 heavy (non-hydrogen) atoms.